The second-order valence-electron chi connectivity index (χ2n) is 4.37. The molecule has 0 aliphatic heterocycles. The molecule has 0 radical (unpaired) electrons. The van der Waals surface area contributed by atoms with Crippen molar-refractivity contribution in [3.8, 4) is 0 Å². The molecule has 1 rings (SSSR count). The van der Waals surface area contributed by atoms with Crippen molar-refractivity contribution in [3.05, 3.63) is 29.3 Å². The van der Waals surface area contributed by atoms with Gasteiger partial charge in [0.05, 0.1) is 11.8 Å². The molecule has 0 saturated heterocycles. The van der Waals surface area contributed by atoms with Gasteiger partial charge in [0.1, 0.15) is 0 Å². The Kier molecular flexibility index (Phi) is 5.31. The van der Waals surface area contributed by atoms with Crippen LogP contribution in [-0.2, 0) is 10.0 Å². The van der Waals surface area contributed by atoms with E-state index in [0.717, 1.165) is 11.8 Å². The molecule has 19 heavy (non-hydrogen) atoms. The van der Waals surface area contributed by atoms with Crippen LogP contribution in [0.4, 0.5) is 5.69 Å². The number of benzene rings is 1. The van der Waals surface area contributed by atoms with Crippen LogP contribution >= 0.6 is 0 Å². The van der Waals surface area contributed by atoms with Crippen molar-refractivity contribution in [2.75, 3.05) is 25.1 Å². The Balaban J connectivity index is 2.39. The van der Waals surface area contributed by atoms with Gasteiger partial charge in [-0.25, -0.2) is 13.1 Å². The number of anilines is 1. The molecule has 7 heteroatoms. The van der Waals surface area contributed by atoms with E-state index in [1.807, 2.05) is 13.0 Å². The van der Waals surface area contributed by atoms with Crippen LogP contribution in [0.2, 0.25) is 0 Å². The number of amides is 1. The normalized spacial score (nSPS) is 11.3. The van der Waals surface area contributed by atoms with Crippen LogP contribution < -0.4 is 15.8 Å². The molecule has 4 N–H and O–H groups in total. The van der Waals surface area contributed by atoms with Crippen LogP contribution in [0.1, 0.15) is 22.3 Å². The molecule has 0 saturated carbocycles. The summed E-state index contributed by atoms with van der Waals surface area (Å²) in [6, 6.07) is 5.23. The van der Waals surface area contributed by atoms with Crippen molar-refractivity contribution in [3.63, 3.8) is 0 Å². The molecule has 6 nitrogen and oxygen atoms in total. The molecular formula is C12H19N3O3S. The van der Waals surface area contributed by atoms with E-state index in [4.69, 9.17) is 5.73 Å². The van der Waals surface area contributed by atoms with E-state index in [-0.39, 0.29) is 5.91 Å². The van der Waals surface area contributed by atoms with E-state index >= 15 is 0 Å². The van der Waals surface area contributed by atoms with E-state index < -0.39 is 10.0 Å². The van der Waals surface area contributed by atoms with E-state index in [0.29, 0.717) is 30.8 Å². The number of hydrogen-bond donors (Lipinski definition) is 3. The number of hydrogen-bond acceptors (Lipinski definition) is 4. The first-order valence-corrected chi connectivity index (χ1v) is 7.78. The molecule has 106 valence electrons. The fraction of sp³-hybridized carbons (Fsp3) is 0.417. The average Bonchev–Trinajstić information content (AvgIpc) is 2.26. The topological polar surface area (TPSA) is 101 Å². The number of nitrogens with two attached hydrogens (primary N) is 1. The molecule has 0 fully saturated rings. The van der Waals surface area contributed by atoms with Gasteiger partial charge in [-0.15, -0.1) is 0 Å². The zero-order valence-corrected chi connectivity index (χ0v) is 11.9. The molecule has 0 aliphatic carbocycles. The van der Waals surface area contributed by atoms with Gasteiger partial charge in [0.15, 0.2) is 0 Å². The molecule has 0 unspecified atom stereocenters. The van der Waals surface area contributed by atoms with Crippen LogP contribution in [0.15, 0.2) is 18.2 Å². The highest BCUT2D eigenvalue weighted by molar-refractivity contribution is 7.88. The fourth-order valence-corrected chi connectivity index (χ4v) is 2.05. The summed E-state index contributed by atoms with van der Waals surface area (Å²) in [5.41, 5.74) is 7.62. The Morgan fingerprint density at radius 3 is 2.58 bits per heavy atom. The second kappa shape index (κ2) is 6.53. The molecule has 0 atom stereocenters. The smallest absolute Gasteiger partial charge is 0.253 e. The quantitative estimate of drug-likeness (QED) is 0.515. The predicted molar refractivity (Wildman–Crippen MR) is 75.4 cm³/mol. The van der Waals surface area contributed by atoms with Crippen LogP contribution in [0.3, 0.4) is 0 Å². The first-order valence-electron chi connectivity index (χ1n) is 5.88. The van der Waals surface area contributed by atoms with Crippen LogP contribution in [-0.4, -0.2) is 33.7 Å². The molecule has 0 bridgehead atoms. The van der Waals surface area contributed by atoms with Crippen molar-refractivity contribution in [1.29, 1.82) is 0 Å². The van der Waals surface area contributed by atoms with Gasteiger partial charge < -0.3 is 11.1 Å². The summed E-state index contributed by atoms with van der Waals surface area (Å²) in [4.78, 5) is 11.8. The summed E-state index contributed by atoms with van der Waals surface area (Å²) in [7, 11) is -3.17. The van der Waals surface area contributed by atoms with Gasteiger partial charge in [0.25, 0.3) is 5.91 Å². The van der Waals surface area contributed by atoms with Gasteiger partial charge in [-0.1, -0.05) is 6.07 Å². The summed E-state index contributed by atoms with van der Waals surface area (Å²) in [5.74, 6) is -0.253. The summed E-state index contributed by atoms with van der Waals surface area (Å²) >= 11 is 0. The predicted octanol–water partition coefficient (Wildman–Crippen LogP) is 0.246. The molecular weight excluding hydrogens is 266 g/mol. The summed E-state index contributed by atoms with van der Waals surface area (Å²) in [6.45, 7) is 2.58. The number of carbonyl (C=O) groups excluding carboxylic acids is 1. The first kappa shape index (κ1) is 15.5. The highest BCUT2D eigenvalue weighted by atomic mass is 32.2. The van der Waals surface area contributed by atoms with E-state index in [1.165, 1.54) is 0 Å². The minimum Gasteiger partial charge on any atom is -0.398 e. The third kappa shape index (κ3) is 5.71. The largest absolute Gasteiger partial charge is 0.398 e. The van der Waals surface area contributed by atoms with Crippen LogP contribution in [0, 0.1) is 6.92 Å². The Morgan fingerprint density at radius 1 is 1.32 bits per heavy atom. The molecule has 0 heterocycles. The average molecular weight is 285 g/mol. The van der Waals surface area contributed by atoms with Gasteiger partial charge in [0, 0.05) is 18.8 Å². The Morgan fingerprint density at radius 2 is 2.00 bits per heavy atom. The number of aryl methyl sites for hydroxylation is 1. The van der Waals surface area contributed by atoms with Gasteiger partial charge >= 0.3 is 0 Å². The van der Waals surface area contributed by atoms with E-state index in [2.05, 4.69) is 10.0 Å². The maximum absolute atomic E-state index is 11.8. The van der Waals surface area contributed by atoms with Gasteiger partial charge in [-0.05, 0) is 31.0 Å². The maximum atomic E-state index is 11.8. The lowest BCUT2D eigenvalue weighted by molar-refractivity contribution is 0.0954. The van der Waals surface area contributed by atoms with Crippen molar-refractivity contribution in [1.82, 2.24) is 10.0 Å². The van der Waals surface area contributed by atoms with E-state index in [9.17, 15) is 13.2 Å². The lowest BCUT2D eigenvalue weighted by Gasteiger charge is -2.08. The summed E-state index contributed by atoms with van der Waals surface area (Å²) in [6.07, 6.45) is 1.61. The number of nitrogen functional groups attached to an aromatic ring is 1. The molecule has 0 aliphatic rings. The number of carbonyl (C=O) groups is 1. The molecule has 1 aromatic carbocycles. The fourth-order valence-electron chi connectivity index (χ4n) is 1.53. The van der Waals surface area contributed by atoms with Gasteiger partial charge in [-0.2, -0.15) is 0 Å². The second-order valence-corrected chi connectivity index (χ2v) is 6.20. The zero-order valence-electron chi connectivity index (χ0n) is 11.1. The van der Waals surface area contributed by atoms with Crippen LogP contribution in [0.5, 0.6) is 0 Å². The van der Waals surface area contributed by atoms with Gasteiger partial charge in [0.2, 0.25) is 10.0 Å². The minimum atomic E-state index is -3.17. The lowest BCUT2D eigenvalue weighted by Crippen LogP contribution is -2.29. The number of nitrogens with one attached hydrogen (secondary N) is 2. The highest BCUT2D eigenvalue weighted by Crippen LogP contribution is 2.13. The SMILES string of the molecule is Cc1ccc(C(=O)NCCCNS(C)(=O)=O)c(N)c1. The molecule has 0 aromatic heterocycles. The van der Waals surface area contributed by atoms with Crippen molar-refractivity contribution >= 4 is 21.6 Å². The standard InChI is InChI=1S/C12H19N3O3S/c1-9-4-5-10(11(13)8-9)12(16)14-6-3-7-15-19(2,17)18/h4-5,8,15H,3,6-7,13H2,1-2H3,(H,14,16). The van der Waals surface area contributed by atoms with Crippen molar-refractivity contribution in [2.45, 2.75) is 13.3 Å². The van der Waals surface area contributed by atoms with Crippen LogP contribution in [0.25, 0.3) is 0 Å². The van der Waals surface area contributed by atoms with Gasteiger partial charge in [-0.3, -0.25) is 4.79 Å². The first-order chi connectivity index (χ1) is 8.79. The molecule has 0 spiro atoms. The Hall–Kier alpha value is -1.60. The Labute approximate surface area is 113 Å². The highest BCUT2D eigenvalue weighted by Gasteiger charge is 2.08. The van der Waals surface area contributed by atoms with Crippen molar-refractivity contribution in [2.24, 2.45) is 0 Å². The molecule has 1 aromatic rings. The summed E-state index contributed by atoms with van der Waals surface area (Å²) in [5, 5.41) is 2.69. The zero-order chi connectivity index (χ0) is 14.5. The third-order valence-corrected chi connectivity index (χ3v) is 3.18. The lowest BCUT2D eigenvalue weighted by atomic mass is 10.1. The monoisotopic (exact) mass is 285 g/mol. The summed E-state index contributed by atoms with van der Waals surface area (Å²) < 4.78 is 24.0. The third-order valence-electron chi connectivity index (χ3n) is 2.46. The number of sulfonamides is 1. The number of rotatable bonds is 6. The molecule has 1 amide bonds. The van der Waals surface area contributed by atoms with Crippen molar-refractivity contribution < 1.29 is 13.2 Å². The maximum Gasteiger partial charge on any atom is 0.253 e. The van der Waals surface area contributed by atoms with E-state index in [1.54, 1.807) is 12.1 Å². The minimum absolute atomic E-state index is 0.253. The Bertz CT molecular complexity index is 555.